The van der Waals surface area contributed by atoms with Gasteiger partial charge in [-0.25, -0.2) is 13.2 Å². The van der Waals surface area contributed by atoms with Gasteiger partial charge in [0, 0.05) is 37.6 Å². The predicted octanol–water partition coefficient (Wildman–Crippen LogP) is 2.93. The lowest BCUT2D eigenvalue weighted by Gasteiger charge is -2.34. The summed E-state index contributed by atoms with van der Waals surface area (Å²) in [5, 5.41) is 4.95. The fraction of sp³-hybridized carbons (Fsp3) is 0.450. The molecule has 8 heteroatoms. The number of aryl methyl sites for hydroxylation is 3. The van der Waals surface area contributed by atoms with Crippen LogP contribution in [0.4, 0.5) is 4.79 Å². The molecule has 0 radical (unpaired) electrons. The molecule has 0 saturated carbocycles. The number of sulfonamides is 1. The summed E-state index contributed by atoms with van der Waals surface area (Å²) < 4.78 is 27.7. The van der Waals surface area contributed by atoms with Crippen LogP contribution in [0.2, 0.25) is 0 Å². The largest absolute Gasteiger partial charge is 0.338 e. The van der Waals surface area contributed by atoms with Crippen molar-refractivity contribution in [2.45, 2.75) is 32.1 Å². The minimum atomic E-state index is -3.56. The van der Waals surface area contributed by atoms with Gasteiger partial charge in [0.25, 0.3) is 0 Å². The molecule has 0 unspecified atom stereocenters. The van der Waals surface area contributed by atoms with Crippen molar-refractivity contribution in [3.05, 3.63) is 51.2 Å². The Hall–Kier alpha value is -1.90. The van der Waals surface area contributed by atoms with E-state index in [0.717, 1.165) is 23.1 Å². The van der Waals surface area contributed by atoms with Gasteiger partial charge < -0.3 is 10.2 Å². The lowest BCUT2D eigenvalue weighted by Crippen LogP contribution is -2.53. The Balaban J connectivity index is 1.58. The second-order valence-electron chi connectivity index (χ2n) is 7.18. The standard InChI is InChI=1S/C20H27N3O3S2/c1-15-13-16(2)19(17(3)14-15)28(25,26)23-10-8-22(9-11-23)20(24)21-7-6-18-5-4-12-27-18/h4-5,12-14H,6-11H2,1-3H3,(H,21,24). The molecule has 1 aliphatic rings. The molecule has 1 saturated heterocycles. The highest BCUT2D eigenvalue weighted by Gasteiger charge is 2.32. The normalized spacial score (nSPS) is 15.6. The monoisotopic (exact) mass is 421 g/mol. The van der Waals surface area contributed by atoms with Crippen LogP contribution in [0.15, 0.2) is 34.5 Å². The predicted molar refractivity (Wildman–Crippen MR) is 112 cm³/mol. The molecule has 1 aromatic carbocycles. The molecule has 0 atom stereocenters. The van der Waals surface area contributed by atoms with Crippen molar-refractivity contribution in [1.82, 2.24) is 14.5 Å². The van der Waals surface area contributed by atoms with Crippen LogP contribution in [0.1, 0.15) is 21.6 Å². The molecule has 2 amide bonds. The second kappa shape index (κ2) is 8.63. The number of nitrogens with zero attached hydrogens (tertiary/aromatic N) is 2. The van der Waals surface area contributed by atoms with Crippen molar-refractivity contribution in [1.29, 1.82) is 0 Å². The lowest BCUT2D eigenvalue weighted by atomic mass is 10.1. The zero-order chi connectivity index (χ0) is 20.3. The van der Waals surface area contributed by atoms with E-state index in [4.69, 9.17) is 0 Å². The van der Waals surface area contributed by atoms with Crippen LogP contribution < -0.4 is 5.32 Å². The van der Waals surface area contributed by atoms with Gasteiger partial charge in [0.1, 0.15) is 0 Å². The van der Waals surface area contributed by atoms with Crippen LogP contribution in [0.3, 0.4) is 0 Å². The van der Waals surface area contributed by atoms with Crippen molar-refractivity contribution in [3.8, 4) is 0 Å². The Bertz CT molecular complexity index is 909. The van der Waals surface area contributed by atoms with Gasteiger partial charge in [-0.1, -0.05) is 23.8 Å². The van der Waals surface area contributed by atoms with E-state index in [2.05, 4.69) is 11.4 Å². The Labute approximate surface area is 171 Å². The molecule has 0 aliphatic carbocycles. The fourth-order valence-corrected chi connectivity index (χ4v) is 6.24. The molecule has 1 aliphatic heterocycles. The van der Waals surface area contributed by atoms with Gasteiger partial charge in [0.15, 0.2) is 0 Å². The molecule has 1 N–H and O–H groups in total. The molecule has 6 nitrogen and oxygen atoms in total. The molecule has 152 valence electrons. The number of hydrogen-bond donors (Lipinski definition) is 1. The van der Waals surface area contributed by atoms with E-state index in [0.29, 0.717) is 37.6 Å². The summed E-state index contributed by atoms with van der Waals surface area (Å²) in [4.78, 5) is 15.7. The fourth-order valence-electron chi connectivity index (χ4n) is 3.69. The molecule has 2 heterocycles. The van der Waals surface area contributed by atoms with Crippen LogP contribution in [0.5, 0.6) is 0 Å². The van der Waals surface area contributed by atoms with Gasteiger partial charge in [-0.3, -0.25) is 0 Å². The number of carbonyl (C=O) groups excluding carboxylic acids is 1. The van der Waals surface area contributed by atoms with E-state index in [-0.39, 0.29) is 6.03 Å². The lowest BCUT2D eigenvalue weighted by molar-refractivity contribution is 0.172. The first-order valence-electron chi connectivity index (χ1n) is 9.42. The van der Waals surface area contributed by atoms with E-state index >= 15 is 0 Å². The Morgan fingerprint density at radius 2 is 1.75 bits per heavy atom. The van der Waals surface area contributed by atoms with Gasteiger partial charge in [0.2, 0.25) is 10.0 Å². The molecule has 0 spiro atoms. The number of piperazine rings is 1. The second-order valence-corrected chi connectivity index (χ2v) is 10.1. The topological polar surface area (TPSA) is 69.7 Å². The molecule has 0 bridgehead atoms. The molecule has 1 aromatic heterocycles. The zero-order valence-corrected chi connectivity index (χ0v) is 18.2. The highest BCUT2D eigenvalue weighted by atomic mass is 32.2. The summed E-state index contributed by atoms with van der Waals surface area (Å²) in [6.45, 7) is 7.64. The minimum absolute atomic E-state index is 0.128. The number of nitrogens with one attached hydrogen (secondary N) is 1. The highest BCUT2D eigenvalue weighted by molar-refractivity contribution is 7.89. The van der Waals surface area contributed by atoms with Crippen LogP contribution in [-0.4, -0.2) is 56.4 Å². The Morgan fingerprint density at radius 1 is 1.11 bits per heavy atom. The third kappa shape index (κ3) is 4.56. The third-order valence-corrected chi connectivity index (χ3v) is 8.10. The zero-order valence-electron chi connectivity index (χ0n) is 16.6. The summed E-state index contributed by atoms with van der Waals surface area (Å²) >= 11 is 1.68. The average molecular weight is 422 g/mol. The first-order valence-corrected chi connectivity index (χ1v) is 11.7. The number of amides is 2. The maximum absolute atomic E-state index is 13.1. The first kappa shape index (κ1) is 20.8. The summed E-state index contributed by atoms with van der Waals surface area (Å²) in [6.07, 6.45) is 0.809. The maximum Gasteiger partial charge on any atom is 0.317 e. The number of urea groups is 1. The van der Waals surface area contributed by atoms with E-state index in [1.54, 1.807) is 16.2 Å². The average Bonchev–Trinajstić information content (AvgIpc) is 3.14. The number of carbonyl (C=O) groups is 1. The van der Waals surface area contributed by atoms with Crippen molar-refractivity contribution < 1.29 is 13.2 Å². The summed E-state index contributed by atoms with van der Waals surface area (Å²) in [7, 11) is -3.56. The van der Waals surface area contributed by atoms with Crippen LogP contribution in [0.25, 0.3) is 0 Å². The van der Waals surface area contributed by atoms with Gasteiger partial charge in [0.05, 0.1) is 4.90 Å². The summed E-state index contributed by atoms with van der Waals surface area (Å²) in [6, 6.07) is 7.72. The van der Waals surface area contributed by atoms with Gasteiger partial charge in [-0.15, -0.1) is 11.3 Å². The SMILES string of the molecule is Cc1cc(C)c(S(=O)(=O)N2CCN(C(=O)NCCc3cccs3)CC2)c(C)c1. The van der Waals surface area contributed by atoms with Crippen molar-refractivity contribution in [3.63, 3.8) is 0 Å². The van der Waals surface area contributed by atoms with Crippen molar-refractivity contribution >= 4 is 27.4 Å². The number of rotatable bonds is 5. The third-order valence-electron chi connectivity index (χ3n) is 4.96. The smallest absolute Gasteiger partial charge is 0.317 e. The Morgan fingerprint density at radius 3 is 2.32 bits per heavy atom. The van der Waals surface area contributed by atoms with E-state index in [1.165, 1.54) is 9.18 Å². The molecular formula is C20H27N3O3S2. The van der Waals surface area contributed by atoms with E-state index in [1.807, 2.05) is 44.4 Å². The first-order chi connectivity index (χ1) is 13.3. The van der Waals surface area contributed by atoms with Crippen molar-refractivity contribution in [2.24, 2.45) is 0 Å². The van der Waals surface area contributed by atoms with Crippen molar-refractivity contribution in [2.75, 3.05) is 32.7 Å². The molecule has 3 rings (SSSR count). The molecule has 1 fully saturated rings. The number of thiophene rings is 1. The minimum Gasteiger partial charge on any atom is -0.338 e. The van der Waals surface area contributed by atoms with E-state index in [9.17, 15) is 13.2 Å². The van der Waals surface area contributed by atoms with Gasteiger partial charge in [-0.05, 0) is 49.8 Å². The maximum atomic E-state index is 13.1. The number of hydrogen-bond acceptors (Lipinski definition) is 4. The van der Waals surface area contributed by atoms with Crippen LogP contribution in [-0.2, 0) is 16.4 Å². The number of benzene rings is 1. The van der Waals surface area contributed by atoms with E-state index < -0.39 is 10.0 Å². The highest BCUT2D eigenvalue weighted by Crippen LogP contribution is 2.26. The summed E-state index contributed by atoms with van der Waals surface area (Å²) in [5.74, 6) is 0. The molecule has 2 aromatic rings. The summed E-state index contributed by atoms with van der Waals surface area (Å²) in [5.41, 5.74) is 2.59. The quantitative estimate of drug-likeness (QED) is 0.807. The van der Waals surface area contributed by atoms with Gasteiger partial charge in [-0.2, -0.15) is 4.31 Å². The Kier molecular flexibility index (Phi) is 6.42. The van der Waals surface area contributed by atoms with Crippen LogP contribution in [0, 0.1) is 20.8 Å². The molecular weight excluding hydrogens is 394 g/mol. The van der Waals surface area contributed by atoms with Crippen LogP contribution >= 0.6 is 11.3 Å². The van der Waals surface area contributed by atoms with Gasteiger partial charge >= 0.3 is 6.03 Å². The molecule has 28 heavy (non-hydrogen) atoms.